The predicted molar refractivity (Wildman–Crippen MR) is 82.2 cm³/mol. The Balaban J connectivity index is 2.50. The van der Waals surface area contributed by atoms with Gasteiger partial charge in [0.1, 0.15) is 0 Å². The molecule has 1 aromatic rings. The van der Waals surface area contributed by atoms with Gasteiger partial charge in [0.25, 0.3) is 0 Å². The van der Waals surface area contributed by atoms with Crippen molar-refractivity contribution in [3.8, 4) is 0 Å². The van der Waals surface area contributed by atoms with Crippen LogP contribution in [0.4, 0.5) is 5.69 Å². The highest BCUT2D eigenvalue weighted by atomic mass is 16.2. The minimum Gasteiger partial charge on any atom is -0.271 e. The number of benzene rings is 1. The summed E-state index contributed by atoms with van der Waals surface area (Å²) in [4.78, 5) is 31.8. The molecule has 1 fully saturated rings. The van der Waals surface area contributed by atoms with Gasteiger partial charge in [-0.1, -0.05) is 17.7 Å². The van der Waals surface area contributed by atoms with E-state index in [0.717, 1.165) is 11.3 Å². The Labute approximate surface area is 125 Å². The maximum Gasteiger partial charge on any atom is 0.319 e. The summed E-state index contributed by atoms with van der Waals surface area (Å²) in [7, 11) is 0. The van der Waals surface area contributed by atoms with Gasteiger partial charge < -0.3 is 0 Å². The molecule has 1 saturated heterocycles. The molecule has 1 aliphatic rings. The SMILES string of the molecule is Cc1ccc(N=C2N(C(C)C)C(=O)C(=O)N2C(C)C)cc1. The van der Waals surface area contributed by atoms with Crippen molar-refractivity contribution in [3.05, 3.63) is 29.8 Å². The van der Waals surface area contributed by atoms with E-state index in [1.54, 1.807) is 0 Å². The largest absolute Gasteiger partial charge is 0.319 e. The smallest absolute Gasteiger partial charge is 0.271 e. The van der Waals surface area contributed by atoms with Gasteiger partial charge in [0.2, 0.25) is 5.96 Å². The van der Waals surface area contributed by atoms with E-state index < -0.39 is 11.8 Å². The number of nitrogens with zero attached hydrogens (tertiary/aromatic N) is 3. The van der Waals surface area contributed by atoms with Crippen molar-refractivity contribution in [2.45, 2.75) is 46.7 Å². The number of carbonyl (C=O) groups excluding carboxylic acids is 2. The van der Waals surface area contributed by atoms with Gasteiger partial charge in [-0.2, -0.15) is 0 Å². The van der Waals surface area contributed by atoms with E-state index in [1.165, 1.54) is 9.80 Å². The summed E-state index contributed by atoms with van der Waals surface area (Å²) in [5.41, 5.74) is 1.87. The average molecular weight is 287 g/mol. The van der Waals surface area contributed by atoms with Crippen LogP contribution < -0.4 is 0 Å². The zero-order valence-corrected chi connectivity index (χ0v) is 13.1. The van der Waals surface area contributed by atoms with Crippen molar-refractivity contribution in [3.63, 3.8) is 0 Å². The summed E-state index contributed by atoms with van der Waals surface area (Å²) < 4.78 is 0. The Hall–Kier alpha value is -2.17. The third kappa shape index (κ3) is 2.82. The van der Waals surface area contributed by atoms with Crippen LogP contribution in [-0.2, 0) is 9.59 Å². The molecule has 0 saturated carbocycles. The van der Waals surface area contributed by atoms with Crippen LogP contribution in [0.15, 0.2) is 29.3 Å². The molecule has 0 N–H and O–H groups in total. The topological polar surface area (TPSA) is 53.0 Å². The van der Waals surface area contributed by atoms with Crippen LogP contribution in [0.25, 0.3) is 0 Å². The molecule has 5 nitrogen and oxygen atoms in total. The monoisotopic (exact) mass is 287 g/mol. The van der Waals surface area contributed by atoms with E-state index in [-0.39, 0.29) is 12.1 Å². The Morgan fingerprint density at radius 1 is 0.857 bits per heavy atom. The lowest BCUT2D eigenvalue weighted by Gasteiger charge is -2.25. The highest BCUT2D eigenvalue weighted by Crippen LogP contribution is 2.22. The van der Waals surface area contributed by atoms with Crippen molar-refractivity contribution < 1.29 is 9.59 Å². The number of hydrogen-bond acceptors (Lipinski definition) is 3. The van der Waals surface area contributed by atoms with Gasteiger partial charge in [-0.25, -0.2) is 4.99 Å². The first kappa shape index (κ1) is 15.2. The first-order valence-electron chi connectivity index (χ1n) is 7.15. The minimum atomic E-state index is -0.510. The molecule has 0 aliphatic carbocycles. The zero-order valence-electron chi connectivity index (χ0n) is 13.1. The molecule has 0 aromatic heterocycles. The lowest BCUT2D eigenvalue weighted by molar-refractivity contribution is -0.144. The van der Waals surface area contributed by atoms with E-state index in [9.17, 15) is 9.59 Å². The molecule has 1 aromatic carbocycles. The fraction of sp³-hybridized carbons (Fsp3) is 0.438. The molecule has 1 heterocycles. The first-order valence-corrected chi connectivity index (χ1v) is 7.15. The minimum absolute atomic E-state index is 0.116. The predicted octanol–water partition coefficient (Wildman–Crippen LogP) is 2.47. The molecule has 0 atom stereocenters. The van der Waals surface area contributed by atoms with Crippen molar-refractivity contribution in [2.75, 3.05) is 0 Å². The second-order valence-corrected chi connectivity index (χ2v) is 5.79. The summed E-state index contributed by atoms with van der Waals surface area (Å²) in [6.07, 6.45) is 0. The molecule has 1 aliphatic heterocycles. The molecule has 0 radical (unpaired) electrons. The third-order valence-corrected chi connectivity index (χ3v) is 3.35. The summed E-state index contributed by atoms with van der Waals surface area (Å²) in [6.45, 7) is 9.50. The van der Waals surface area contributed by atoms with Crippen LogP contribution in [0.2, 0.25) is 0 Å². The first-order chi connectivity index (χ1) is 9.82. The number of amides is 2. The zero-order chi connectivity index (χ0) is 15.7. The van der Waals surface area contributed by atoms with Gasteiger partial charge in [0.15, 0.2) is 0 Å². The summed E-state index contributed by atoms with van der Waals surface area (Å²) in [5.74, 6) is -0.604. The highest BCUT2D eigenvalue weighted by molar-refractivity contribution is 6.45. The van der Waals surface area contributed by atoms with Crippen LogP contribution >= 0.6 is 0 Å². The van der Waals surface area contributed by atoms with Crippen LogP contribution in [0.3, 0.4) is 0 Å². The molecule has 2 rings (SSSR count). The fourth-order valence-corrected chi connectivity index (χ4v) is 2.28. The van der Waals surface area contributed by atoms with Gasteiger partial charge in [0, 0.05) is 12.1 Å². The Bertz CT molecular complexity index is 560. The van der Waals surface area contributed by atoms with Gasteiger partial charge in [-0.3, -0.25) is 19.4 Å². The van der Waals surface area contributed by atoms with Crippen molar-refractivity contribution >= 4 is 23.5 Å². The number of rotatable bonds is 3. The quantitative estimate of drug-likeness (QED) is 0.802. The number of carbonyl (C=O) groups is 2. The number of aliphatic imine (C=N–C) groups is 1. The second kappa shape index (κ2) is 5.68. The standard InChI is InChI=1S/C16H21N3O2/c1-10(2)18-14(20)15(21)19(11(3)4)16(18)17-13-8-6-12(5)7-9-13/h6-11H,1-5H3. The molecule has 0 unspecified atom stereocenters. The highest BCUT2D eigenvalue weighted by Gasteiger charge is 2.45. The number of hydrogen-bond donors (Lipinski definition) is 0. The van der Waals surface area contributed by atoms with Crippen molar-refractivity contribution in [1.29, 1.82) is 0 Å². The molecule has 0 spiro atoms. The van der Waals surface area contributed by atoms with Crippen molar-refractivity contribution in [1.82, 2.24) is 9.80 Å². The lowest BCUT2D eigenvalue weighted by Crippen LogP contribution is -2.41. The Morgan fingerprint density at radius 2 is 1.29 bits per heavy atom. The Kier molecular flexibility index (Phi) is 4.11. The molecule has 21 heavy (non-hydrogen) atoms. The molecule has 5 heteroatoms. The molecule has 112 valence electrons. The summed E-state index contributed by atoms with van der Waals surface area (Å²) >= 11 is 0. The van der Waals surface area contributed by atoms with E-state index >= 15 is 0 Å². The molecular formula is C16H21N3O2. The summed E-state index contributed by atoms with van der Waals surface area (Å²) in [5, 5.41) is 0. The number of guanidine groups is 1. The van der Waals surface area contributed by atoms with Crippen molar-refractivity contribution in [2.24, 2.45) is 4.99 Å². The third-order valence-electron chi connectivity index (χ3n) is 3.35. The fourth-order valence-electron chi connectivity index (χ4n) is 2.28. The van der Waals surface area contributed by atoms with Gasteiger partial charge in [-0.15, -0.1) is 0 Å². The molecule has 2 amide bonds. The average Bonchev–Trinajstić information content (AvgIpc) is 2.64. The van der Waals surface area contributed by atoms with Crippen LogP contribution in [0.1, 0.15) is 33.3 Å². The maximum atomic E-state index is 12.2. The van der Waals surface area contributed by atoms with Crippen LogP contribution in [-0.4, -0.2) is 39.7 Å². The molecular weight excluding hydrogens is 266 g/mol. The van der Waals surface area contributed by atoms with Crippen LogP contribution in [0.5, 0.6) is 0 Å². The van der Waals surface area contributed by atoms with Gasteiger partial charge >= 0.3 is 11.8 Å². The maximum absolute atomic E-state index is 12.2. The van der Waals surface area contributed by atoms with E-state index in [2.05, 4.69) is 4.99 Å². The van der Waals surface area contributed by atoms with E-state index in [4.69, 9.17) is 0 Å². The summed E-state index contributed by atoms with van der Waals surface area (Å²) in [6, 6.07) is 7.44. The van der Waals surface area contributed by atoms with E-state index in [1.807, 2.05) is 58.9 Å². The van der Waals surface area contributed by atoms with Gasteiger partial charge in [0.05, 0.1) is 5.69 Å². The van der Waals surface area contributed by atoms with E-state index in [0.29, 0.717) is 5.96 Å². The van der Waals surface area contributed by atoms with Gasteiger partial charge in [-0.05, 0) is 46.8 Å². The number of aryl methyl sites for hydroxylation is 1. The van der Waals surface area contributed by atoms with Crippen LogP contribution in [0, 0.1) is 6.92 Å². The molecule has 0 bridgehead atoms. The Morgan fingerprint density at radius 3 is 1.67 bits per heavy atom. The second-order valence-electron chi connectivity index (χ2n) is 5.79. The normalized spacial score (nSPS) is 15.7. The lowest BCUT2D eigenvalue weighted by atomic mass is 10.2.